The zero-order chi connectivity index (χ0) is 25.4. The van der Waals surface area contributed by atoms with Crippen molar-refractivity contribution in [1.29, 1.82) is 0 Å². The van der Waals surface area contributed by atoms with Gasteiger partial charge in [-0.2, -0.15) is 0 Å². The van der Waals surface area contributed by atoms with Crippen molar-refractivity contribution in [3.63, 3.8) is 0 Å². The van der Waals surface area contributed by atoms with Crippen LogP contribution in [0.15, 0.2) is 72.3 Å². The lowest BCUT2D eigenvalue weighted by Gasteiger charge is -2.25. The topological polar surface area (TPSA) is 123 Å². The molecule has 2 N–H and O–H groups in total. The normalized spacial score (nSPS) is 17.9. The van der Waals surface area contributed by atoms with Crippen LogP contribution < -0.4 is 19.1 Å². The van der Waals surface area contributed by atoms with E-state index in [9.17, 15) is 19.5 Å². The summed E-state index contributed by atoms with van der Waals surface area (Å²) in [7, 11) is 1.53. The van der Waals surface area contributed by atoms with Gasteiger partial charge < -0.3 is 24.4 Å². The molecule has 1 amide bonds. The Hall–Kier alpha value is -4.79. The number of nitrogens with zero attached hydrogens (tertiary/aromatic N) is 1. The van der Waals surface area contributed by atoms with Gasteiger partial charge in [0.25, 0.3) is 11.7 Å². The monoisotopic (exact) mass is 487 g/mol. The fourth-order valence-corrected chi connectivity index (χ4v) is 4.35. The highest BCUT2D eigenvalue weighted by molar-refractivity contribution is 6.51. The van der Waals surface area contributed by atoms with Crippen LogP contribution in [0.3, 0.4) is 0 Å². The summed E-state index contributed by atoms with van der Waals surface area (Å²) in [6, 6.07) is 17.0. The quantitative estimate of drug-likeness (QED) is 0.307. The van der Waals surface area contributed by atoms with Crippen LogP contribution in [0.2, 0.25) is 0 Å². The smallest absolute Gasteiger partial charge is 0.307 e. The molecule has 2 aliphatic rings. The van der Waals surface area contributed by atoms with E-state index in [0.717, 1.165) is 0 Å². The number of carbonyl (C=O) groups is 3. The highest BCUT2D eigenvalue weighted by atomic mass is 16.7. The first-order valence-corrected chi connectivity index (χ1v) is 11.0. The maximum Gasteiger partial charge on any atom is 0.307 e. The first kappa shape index (κ1) is 23.0. The number of hydrogen-bond donors (Lipinski definition) is 2. The number of aliphatic hydroxyl groups is 1. The predicted octanol–water partition coefficient (Wildman–Crippen LogP) is 3.68. The van der Waals surface area contributed by atoms with Crippen LogP contribution in [0, 0.1) is 0 Å². The number of aliphatic carboxylic acids is 1. The third-order valence-corrected chi connectivity index (χ3v) is 6.09. The van der Waals surface area contributed by atoms with Gasteiger partial charge in [0.15, 0.2) is 11.5 Å². The van der Waals surface area contributed by atoms with Crippen molar-refractivity contribution in [1.82, 2.24) is 0 Å². The molecule has 0 radical (unpaired) electrons. The number of amides is 1. The molecule has 2 aliphatic heterocycles. The second kappa shape index (κ2) is 9.10. The maximum atomic E-state index is 13.3. The number of carboxylic acids is 1. The molecule has 2 heterocycles. The largest absolute Gasteiger partial charge is 0.507 e. The van der Waals surface area contributed by atoms with Crippen molar-refractivity contribution < 1.29 is 38.8 Å². The number of hydrogen-bond acceptors (Lipinski definition) is 7. The molecule has 5 rings (SSSR count). The van der Waals surface area contributed by atoms with E-state index in [1.165, 1.54) is 12.0 Å². The van der Waals surface area contributed by atoms with E-state index in [1.807, 2.05) is 0 Å². The summed E-state index contributed by atoms with van der Waals surface area (Å²) in [5.74, 6) is -1.47. The number of ketones is 1. The fourth-order valence-electron chi connectivity index (χ4n) is 4.35. The molecule has 1 unspecified atom stereocenters. The highest BCUT2D eigenvalue weighted by Gasteiger charge is 2.47. The van der Waals surface area contributed by atoms with E-state index in [4.69, 9.17) is 19.3 Å². The Balaban J connectivity index is 1.64. The molecule has 1 saturated heterocycles. The van der Waals surface area contributed by atoms with E-state index < -0.39 is 23.7 Å². The van der Waals surface area contributed by atoms with E-state index in [1.54, 1.807) is 66.7 Å². The number of benzene rings is 3. The van der Waals surface area contributed by atoms with Crippen LogP contribution in [0.5, 0.6) is 17.2 Å². The zero-order valence-corrected chi connectivity index (χ0v) is 19.1. The lowest BCUT2D eigenvalue weighted by atomic mass is 9.95. The third kappa shape index (κ3) is 4.00. The number of fused-ring (bicyclic) bond motifs is 1. The molecule has 0 bridgehead atoms. The molecule has 0 saturated carbocycles. The Morgan fingerprint density at radius 2 is 1.67 bits per heavy atom. The summed E-state index contributed by atoms with van der Waals surface area (Å²) in [6.07, 6.45) is -0.175. The molecule has 36 heavy (non-hydrogen) atoms. The van der Waals surface area contributed by atoms with Crippen molar-refractivity contribution in [2.45, 2.75) is 12.5 Å². The zero-order valence-electron chi connectivity index (χ0n) is 19.1. The van der Waals surface area contributed by atoms with E-state index in [-0.39, 0.29) is 24.5 Å². The SMILES string of the molecule is COc1ccc(C2/C(=C(/O)c3ccc4c(c3)OCO4)C(=O)C(=O)N2c2ccc(CC(=O)O)cc2)cc1. The third-order valence-electron chi connectivity index (χ3n) is 6.09. The Morgan fingerprint density at radius 1 is 0.972 bits per heavy atom. The van der Waals surface area contributed by atoms with E-state index >= 15 is 0 Å². The first-order chi connectivity index (χ1) is 17.4. The van der Waals surface area contributed by atoms with Crippen LogP contribution in [0.25, 0.3) is 5.76 Å². The van der Waals surface area contributed by atoms with Gasteiger partial charge in [-0.3, -0.25) is 19.3 Å². The van der Waals surface area contributed by atoms with Gasteiger partial charge in [-0.25, -0.2) is 0 Å². The fraction of sp³-hybridized carbons (Fsp3) is 0.148. The minimum atomic E-state index is -0.981. The van der Waals surface area contributed by atoms with Crippen LogP contribution in [0.1, 0.15) is 22.7 Å². The average Bonchev–Trinajstić information content (AvgIpc) is 3.46. The molecule has 3 aromatic rings. The Kier molecular flexibility index (Phi) is 5.81. The Labute approximate surface area is 205 Å². The van der Waals surface area contributed by atoms with Crippen molar-refractivity contribution >= 4 is 29.1 Å². The van der Waals surface area contributed by atoms with Gasteiger partial charge in [-0.1, -0.05) is 24.3 Å². The van der Waals surface area contributed by atoms with Gasteiger partial charge in [-0.15, -0.1) is 0 Å². The molecular formula is C27H21NO8. The molecule has 0 aromatic heterocycles. The molecule has 9 nitrogen and oxygen atoms in total. The van der Waals surface area contributed by atoms with E-state index in [2.05, 4.69) is 0 Å². The first-order valence-electron chi connectivity index (χ1n) is 11.0. The highest BCUT2D eigenvalue weighted by Crippen LogP contribution is 2.43. The molecule has 9 heteroatoms. The summed E-state index contributed by atoms with van der Waals surface area (Å²) in [6.45, 7) is 0.0493. The molecule has 0 aliphatic carbocycles. The second-order valence-electron chi connectivity index (χ2n) is 8.25. The van der Waals surface area contributed by atoms with Gasteiger partial charge in [0.2, 0.25) is 6.79 Å². The number of methoxy groups -OCH3 is 1. The predicted molar refractivity (Wildman–Crippen MR) is 128 cm³/mol. The average molecular weight is 487 g/mol. The number of aliphatic hydroxyl groups excluding tert-OH is 1. The lowest BCUT2D eigenvalue weighted by Crippen LogP contribution is -2.29. The van der Waals surface area contributed by atoms with Gasteiger partial charge in [0.1, 0.15) is 11.5 Å². The number of rotatable bonds is 6. The Morgan fingerprint density at radius 3 is 2.33 bits per heavy atom. The van der Waals surface area contributed by atoms with E-state index in [0.29, 0.717) is 39.6 Å². The molecule has 182 valence electrons. The van der Waals surface area contributed by atoms with Crippen molar-refractivity contribution in [3.8, 4) is 17.2 Å². The molecule has 1 atom stereocenters. The van der Waals surface area contributed by atoms with Crippen LogP contribution in [0.4, 0.5) is 5.69 Å². The number of carbonyl (C=O) groups excluding carboxylic acids is 2. The summed E-state index contributed by atoms with van der Waals surface area (Å²) in [4.78, 5) is 38.9. The van der Waals surface area contributed by atoms with Gasteiger partial charge in [0, 0.05) is 11.3 Å². The summed E-state index contributed by atoms with van der Waals surface area (Å²) in [5, 5.41) is 20.3. The lowest BCUT2D eigenvalue weighted by molar-refractivity contribution is -0.136. The van der Waals surface area contributed by atoms with Crippen molar-refractivity contribution in [3.05, 3.63) is 89.0 Å². The van der Waals surface area contributed by atoms with Crippen LogP contribution in [-0.4, -0.2) is 41.8 Å². The maximum absolute atomic E-state index is 13.3. The number of Topliss-reactive ketones (excluding diaryl/α,β-unsaturated/α-hetero) is 1. The molecule has 3 aromatic carbocycles. The summed E-state index contributed by atoms with van der Waals surface area (Å²) in [5.41, 5.74) is 1.72. The van der Waals surface area contributed by atoms with Crippen molar-refractivity contribution in [2.24, 2.45) is 0 Å². The molecule has 1 fully saturated rings. The van der Waals surface area contributed by atoms with Crippen molar-refractivity contribution in [2.75, 3.05) is 18.8 Å². The Bertz CT molecular complexity index is 1390. The van der Waals surface area contributed by atoms with Crippen LogP contribution in [-0.2, 0) is 20.8 Å². The minimum Gasteiger partial charge on any atom is -0.507 e. The second-order valence-corrected chi connectivity index (χ2v) is 8.25. The minimum absolute atomic E-state index is 0.0493. The molecular weight excluding hydrogens is 466 g/mol. The summed E-state index contributed by atoms with van der Waals surface area (Å²) >= 11 is 0. The summed E-state index contributed by atoms with van der Waals surface area (Å²) < 4.78 is 15.9. The van der Waals surface area contributed by atoms with Gasteiger partial charge in [0.05, 0.1) is 25.1 Å². The molecule has 0 spiro atoms. The van der Waals surface area contributed by atoms with Crippen LogP contribution >= 0.6 is 0 Å². The number of ether oxygens (including phenoxy) is 3. The van der Waals surface area contributed by atoms with Gasteiger partial charge in [-0.05, 0) is 53.6 Å². The number of anilines is 1. The number of carboxylic acid groups (broad SMARTS) is 1. The standard InChI is InChI=1S/C27H21NO8/c1-34-19-9-4-16(5-10-19)24-23(25(31)17-6-11-20-21(13-17)36-14-35-20)26(32)27(33)28(24)18-7-2-15(3-8-18)12-22(29)30/h2-11,13,24,31H,12,14H2,1H3,(H,29,30)/b25-23-. The van der Waals surface area contributed by atoms with Gasteiger partial charge >= 0.3 is 5.97 Å².